The highest BCUT2D eigenvalue weighted by Gasteiger charge is 2.20. The molecule has 0 radical (unpaired) electrons. The van der Waals surface area contributed by atoms with Crippen molar-refractivity contribution in [2.45, 2.75) is 25.8 Å². The SMILES string of the molecule is CCC1COCCN1CCCOc1ccc(C#N)cc1. The van der Waals surface area contributed by atoms with Crippen LogP contribution >= 0.6 is 0 Å². The third-order valence-corrected chi connectivity index (χ3v) is 3.66. The molecule has 4 nitrogen and oxygen atoms in total. The van der Waals surface area contributed by atoms with Crippen LogP contribution in [-0.4, -0.2) is 43.9 Å². The van der Waals surface area contributed by atoms with Crippen molar-refractivity contribution in [2.75, 3.05) is 32.9 Å². The second-order valence-electron chi connectivity index (χ2n) is 5.01. The maximum atomic E-state index is 8.73. The normalized spacial score (nSPS) is 19.5. The van der Waals surface area contributed by atoms with Gasteiger partial charge in [-0.15, -0.1) is 0 Å². The van der Waals surface area contributed by atoms with E-state index in [9.17, 15) is 0 Å². The first-order chi connectivity index (χ1) is 9.83. The van der Waals surface area contributed by atoms with E-state index in [1.807, 2.05) is 12.1 Å². The molecule has 1 heterocycles. The van der Waals surface area contributed by atoms with E-state index in [0.717, 1.165) is 44.9 Å². The molecule has 4 heteroatoms. The van der Waals surface area contributed by atoms with Crippen LogP contribution in [0, 0.1) is 11.3 Å². The molecule has 1 unspecified atom stereocenters. The Morgan fingerprint density at radius 3 is 2.90 bits per heavy atom. The summed E-state index contributed by atoms with van der Waals surface area (Å²) in [7, 11) is 0. The number of hydrogen-bond donors (Lipinski definition) is 0. The fourth-order valence-electron chi connectivity index (χ4n) is 2.44. The lowest BCUT2D eigenvalue weighted by Gasteiger charge is -2.34. The molecule has 0 spiro atoms. The lowest BCUT2D eigenvalue weighted by molar-refractivity contribution is -0.0102. The summed E-state index contributed by atoms with van der Waals surface area (Å²) >= 11 is 0. The second kappa shape index (κ2) is 7.88. The highest BCUT2D eigenvalue weighted by molar-refractivity contribution is 5.34. The smallest absolute Gasteiger partial charge is 0.119 e. The molecule has 0 bridgehead atoms. The van der Waals surface area contributed by atoms with Crippen molar-refractivity contribution in [3.8, 4) is 11.8 Å². The van der Waals surface area contributed by atoms with Crippen molar-refractivity contribution >= 4 is 0 Å². The van der Waals surface area contributed by atoms with E-state index in [1.165, 1.54) is 0 Å². The van der Waals surface area contributed by atoms with Gasteiger partial charge in [0.05, 0.1) is 31.5 Å². The lowest BCUT2D eigenvalue weighted by Crippen LogP contribution is -2.45. The van der Waals surface area contributed by atoms with Crippen molar-refractivity contribution in [1.29, 1.82) is 5.26 Å². The maximum Gasteiger partial charge on any atom is 0.119 e. The summed E-state index contributed by atoms with van der Waals surface area (Å²) in [5, 5.41) is 8.73. The van der Waals surface area contributed by atoms with Crippen LogP contribution in [0.2, 0.25) is 0 Å². The topological polar surface area (TPSA) is 45.5 Å². The van der Waals surface area contributed by atoms with Crippen LogP contribution in [0.3, 0.4) is 0 Å². The maximum absolute atomic E-state index is 8.73. The molecule has 0 aromatic heterocycles. The predicted octanol–water partition coefficient (Wildman–Crippen LogP) is 2.44. The molecule has 108 valence electrons. The number of hydrogen-bond acceptors (Lipinski definition) is 4. The summed E-state index contributed by atoms with van der Waals surface area (Å²) in [5.41, 5.74) is 0.663. The minimum atomic E-state index is 0.554. The fraction of sp³-hybridized carbons (Fsp3) is 0.562. The number of ether oxygens (including phenoxy) is 2. The molecule has 1 aromatic carbocycles. The Labute approximate surface area is 120 Å². The Kier molecular flexibility index (Phi) is 5.85. The van der Waals surface area contributed by atoms with Gasteiger partial charge in [0.2, 0.25) is 0 Å². The van der Waals surface area contributed by atoms with Crippen molar-refractivity contribution < 1.29 is 9.47 Å². The Hall–Kier alpha value is -1.57. The van der Waals surface area contributed by atoms with Gasteiger partial charge in [-0.05, 0) is 37.1 Å². The molecule has 1 atom stereocenters. The van der Waals surface area contributed by atoms with Gasteiger partial charge in [0.1, 0.15) is 5.75 Å². The monoisotopic (exact) mass is 274 g/mol. The third kappa shape index (κ3) is 4.22. The Morgan fingerprint density at radius 1 is 1.40 bits per heavy atom. The molecule has 1 aliphatic rings. The van der Waals surface area contributed by atoms with Crippen LogP contribution in [0.25, 0.3) is 0 Å². The first kappa shape index (κ1) is 14.8. The minimum absolute atomic E-state index is 0.554. The van der Waals surface area contributed by atoms with E-state index in [1.54, 1.807) is 12.1 Å². The van der Waals surface area contributed by atoms with Gasteiger partial charge in [-0.25, -0.2) is 0 Å². The van der Waals surface area contributed by atoms with Crippen molar-refractivity contribution in [2.24, 2.45) is 0 Å². The van der Waals surface area contributed by atoms with Crippen molar-refractivity contribution in [1.82, 2.24) is 4.90 Å². The van der Waals surface area contributed by atoms with Crippen molar-refractivity contribution in [3.63, 3.8) is 0 Å². The summed E-state index contributed by atoms with van der Waals surface area (Å²) in [5.74, 6) is 0.831. The molecule has 1 aliphatic heterocycles. The zero-order valence-electron chi connectivity index (χ0n) is 12.0. The molecule has 1 fully saturated rings. The summed E-state index contributed by atoms with van der Waals surface area (Å²) < 4.78 is 11.2. The van der Waals surface area contributed by atoms with Crippen LogP contribution in [0.5, 0.6) is 5.75 Å². The Morgan fingerprint density at radius 2 is 2.20 bits per heavy atom. The zero-order chi connectivity index (χ0) is 14.2. The molecule has 20 heavy (non-hydrogen) atoms. The van der Waals surface area contributed by atoms with Gasteiger partial charge in [-0.2, -0.15) is 5.26 Å². The van der Waals surface area contributed by atoms with Crippen LogP contribution in [0.15, 0.2) is 24.3 Å². The molecule has 0 amide bonds. The van der Waals surface area contributed by atoms with Crippen LogP contribution in [0.4, 0.5) is 0 Å². The number of nitriles is 1. The van der Waals surface area contributed by atoms with Gasteiger partial charge in [0.15, 0.2) is 0 Å². The zero-order valence-corrected chi connectivity index (χ0v) is 12.0. The highest BCUT2D eigenvalue weighted by atomic mass is 16.5. The third-order valence-electron chi connectivity index (χ3n) is 3.66. The standard InChI is InChI=1S/C16H22N2O2/c1-2-15-13-19-11-9-18(15)8-3-10-20-16-6-4-14(12-17)5-7-16/h4-7,15H,2-3,8-11,13H2,1H3. The van der Waals surface area contributed by atoms with E-state index in [0.29, 0.717) is 18.2 Å². The molecular weight excluding hydrogens is 252 g/mol. The van der Waals surface area contributed by atoms with Crippen LogP contribution in [-0.2, 0) is 4.74 Å². The van der Waals surface area contributed by atoms with Gasteiger partial charge >= 0.3 is 0 Å². The highest BCUT2D eigenvalue weighted by Crippen LogP contribution is 2.13. The lowest BCUT2D eigenvalue weighted by atomic mass is 10.1. The van der Waals surface area contributed by atoms with Crippen LogP contribution in [0.1, 0.15) is 25.3 Å². The van der Waals surface area contributed by atoms with E-state index >= 15 is 0 Å². The van der Waals surface area contributed by atoms with Gasteiger partial charge in [0, 0.05) is 19.1 Å². The molecule has 1 aromatic rings. The molecule has 0 saturated carbocycles. The number of nitrogens with zero attached hydrogens (tertiary/aromatic N) is 2. The van der Waals surface area contributed by atoms with Gasteiger partial charge in [-0.3, -0.25) is 4.90 Å². The number of morpholine rings is 1. The average molecular weight is 274 g/mol. The average Bonchev–Trinajstić information content (AvgIpc) is 2.52. The number of rotatable bonds is 6. The Balaban J connectivity index is 1.69. The quantitative estimate of drug-likeness (QED) is 0.747. The summed E-state index contributed by atoms with van der Waals surface area (Å²) in [6.07, 6.45) is 2.15. The molecule has 2 rings (SSSR count). The molecular formula is C16H22N2O2. The largest absolute Gasteiger partial charge is 0.494 e. The van der Waals surface area contributed by atoms with Gasteiger partial charge in [-0.1, -0.05) is 6.92 Å². The second-order valence-corrected chi connectivity index (χ2v) is 5.01. The minimum Gasteiger partial charge on any atom is -0.494 e. The molecule has 0 N–H and O–H groups in total. The molecule has 1 saturated heterocycles. The van der Waals surface area contributed by atoms with Gasteiger partial charge < -0.3 is 9.47 Å². The van der Waals surface area contributed by atoms with Crippen LogP contribution < -0.4 is 4.74 Å². The fourth-order valence-corrected chi connectivity index (χ4v) is 2.44. The first-order valence-electron chi connectivity index (χ1n) is 7.28. The first-order valence-corrected chi connectivity index (χ1v) is 7.28. The summed E-state index contributed by atoms with van der Waals surface area (Å²) in [6.45, 7) is 6.69. The molecule has 0 aliphatic carbocycles. The van der Waals surface area contributed by atoms with Gasteiger partial charge in [0.25, 0.3) is 0 Å². The number of benzene rings is 1. The summed E-state index contributed by atoms with van der Waals surface area (Å²) in [6, 6.07) is 9.92. The van der Waals surface area contributed by atoms with E-state index in [2.05, 4.69) is 17.9 Å². The summed E-state index contributed by atoms with van der Waals surface area (Å²) in [4.78, 5) is 2.49. The van der Waals surface area contributed by atoms with E-state index in [4.69, 9.17) is 14.7 Å². The Bertz CT molecular complexity index is 439. The van der Waals surface area contributed by atoms with E-state index in [-0.39, 0.29) is 0 Å². The van der Waals surface area contributed by atoms with E-state index < -0.39 is 0 Å². The van der Waals surface area contributed by atoms with Crippen molar-refractivity contribution in [3.05, 3.63) is 29.8 Å². The predicted molar refractivity (Wildman–Crippen MR) is 77.7 cm³/mol.